The van der Waals surface area contributed by atoms with E-state index in [1.165, 1.54) is 0 Å². The van der Waals surface area contributed by atoms with Gasteiger partial charge in [-0.25, -0.2) is 0 Å². The lowest BCUT2D eigenvalue weighted by Crippen LogP contribution is -2.47. The molecule has 1 amide bonds. The van der Waals surface area contributed by atoms with E-state index in [1.807, 2.05) is 13.0 Å². The molecule has 0 saturated heterocycles. The summed E-state index contributed by atoms with van der Waals surface area (Å²) >= 11 is 0. The van der Waals surface area contributed by atoms with Gasteiger partial charge in [-0.15, -0.1) is 0 Å². The van der Waals surface area contributed by atoms with Crippen molar-refractivity contribution in [2.24, 2.45) is 11.3 Å². The highest BCUT2D eigenvalue weighted by molar-refractivity contribution is 5.86. The number of nitriles is 2. The van der Waals surface area contributed by atoms with Gasteiger partial charge in [0.05, 0.1) is 17.7 Å². The van der Waals surface area contributed by atoms with Gasteiger partial charge in [0.15, 0.2) is 0 Å². The third kappa shape index (κ3) is 2.58. The van der Waals surface area contributed by atoms with Crippen LogP contribution in [0.1, 0.15) is 30.9 Å². The third-order valence-corrected chi connectivity index (χ3v) is 3.55. The van der Waals surface area contributed by atoms with Crippen LogP contribution in [-0.2, 0) is 11.3 Å². The number of carbonyl (C=O) groups excluding carboxylic acids is 1. The fraction of sp³-hybridized carbons (Fsp3) is 0.400. The topological polar surface area (TPSA) is 76.7 Å². The first-order chi connectivity index (χ1) is 9.09. The average molecular weight is 253 g/mol. The van der Waals surface area contributed by atoms with Crippen LogP contribution in [0.25, 0.3) is 0 Å². The molecule has 1 N–H and O–H groups in total. The molecule has 2 rings (SSSR count). The number of amides is 1. The number of hydrogen-bond donors (Lipinski definition) is 1. The number of hydrogen-bond acceptors (Lipinski definition) is 3. The van der Waals surface area contributed by atoms with E-state index < -0.39 is 5.41 Å². The van der Waals surface area contributed by atoms with Crippen molar-refractivity contribution >= 4 is 5.91 Å². The Labute approximate surface area is 112 Å². The molecule has 1 fully saturated rings. The van der Waals surface area contributed by atoms with Gasteiger partial charge in [-0.05, 0) is 36.5 Å². The molecule has 1 aromatic carbocycles. The monoisotopic (exact) mass is 253 g/mol. The Hall–Kier alpha value is -2.33. The lowest BCUT2D eigenvalue weighted by Gasteiger charge is -2.39. The molecule has 0 bridgehead atoms. The summed E-state index contributed by atoms with van der Waals surface area (Å²) in [5.74, 6) is 0.239. The number of nitrogens with one attached hydrogen (secondary N) is 1. The summed E-state index contributed by atoms with van der Waals surface area (Å²) < 4.78 is 0. The van der Waals surface area contributed by atoms with E-state index in [9.17, 15) is 4.79 Å². The van der Waals surface area contributed by atoms with E-state index in [-0.39, 0.29) is 5.91 Å². The zero-order chi connectivity index (χ0) is 13.9. The highest BCUT2D eigenvalue weighted by Gasteiger charge is 2.48. The summed E-state index contributed by atoms with van der Waals surface area (Å²) in [6.07, 6.45) is 1.27. The highest BCUT2D eigenvalue weighted by atomic mass is 16.2. The lowest BCUT2D eigenvalue weighted by atomic mass is 9.63. The maximum atomic E-state index is 12.1. The van der Waals surface area contributed by atoms with E-state index in [4.69, 9.17) is 10.5 Å². The van der Waals surface area contributed by atoms with E-state index in [0.717, 1.165) is 5.56 Å². The standard InChI is InChI=1S/C15H15N3O/c1-11-6-15(7-11,10-17)14(19)18-9-13-4-2-3-12(5-13)8-16/h2-5,11H,6-7,9H2,1H3,(H,18,19). The van der Waals surface area contributed by atoms with Crippen LogP contribution < -0.4 is 5.32 Å². The minimum absolute atomic E-state index is 0.199. The van der Waals surface area contributed by atoms with Crippen LogP contribution in [0, 0.1) is 34.0 Å². The molecule has 1 aliphatic rings. The number of nitrogens with zero attached hydrogens (tertiary/aromatic N) is 2. The number of carbonyl (C=O) groups is 1. The Balaban J connectivity index is 1.97. The Kier molecular flexibility index (Phi) is 3.53. The fourth-order valence-corrected chi connectivity index (χ4v) is 2.56. The van der Waals surface area contributed by atoms with Gasteiger partial charge >= 0.3 is 0 Å². The van der Waals surface area contributed by atoms with Crippen LogP contribution in [0.15, 0.2) is 24.3 Å². The van der Waals surface area contributed by atoms with Crippen molar-refractivity contribution in [3.05, 3.63) is 35.4 Å². The molecule has 0 aliphatic heterocycles. The van der Waals surface area contributed by atoms with Gasteiger partial charge in [0.25, 0.3) is 0 Å². The first-order valence-electron chi connectivity index (χ1n) is 6.28. The zero-order valence-electron chi connectivity index (χ0n) is 10.8. The van der Waals surface area contributed by atoms with Gasteiger partial charge in [-0.2, -0.15) is 10.5 Å². The molecule has 0 spiro atoms. The second-order valence-electron chi connectivity index (χ2n) is 5.20. The molecule has 1 aromatic rings. The minimum Gasteiger partial charge on any atom is -0.351 e. The van der Waals surface area contributed by atoms with E-state index >= 15 is 0 Å². The summed E-state index contributed by atoms with van der Waals surface area (Å²) in [5, 5.41) is 20.7. The predicted molar refractivity (Wildman–Crippen MR) is 69.4 cm³/mol. The molecule has 0 heterocycles. The molecule has 1 saturated carbocycles. The van der Waals surface area contributed by atoms with Crippen LogP contribution in [-0.4, -0.2) is 5.91 Å². The van der Waals surface area contributed by atoms with Crippen molar-refractivity contribution in [3.8, 4) is 12.1 Å². The SMILES string of the molecule is CC1CC(C#N)(C(=O)NCc2cccc(C#N)c2)C1. The molecule has 19 heavy (non-hydrogen) atoms. The molecule has 0 radical (unpaired) electrons. The predicted octanol–water partition coefficient (Wildman–Crippen LogP) is 2.11. The molecule has 0 aromatic heterocycles. The van der Waals surface area contributed by atoms with Crippen molar-refractivity contribution in [2.45, 2.75) is 26.3 Å². The summed E-state index contributed by atoms with van der Waals surface area (Å²) in [6, 6.07) is 11.3. The maximum absolute atomic E-state index is 12.1. The smallest absolute Gasteiger partial charge is 0.240 e. The number of benzene rings is 1. The molecule has 1 aliphatic carbocycles. The summed E-state index contributed by atoms with van der Waals surface area (Å²) in [4.78, 5) is 12.1. The third-order valence-electron chi connectivity index (χ3n) is 3.55. The molecular weight excluding hydrogens is 238 g/mol. The Bertz CT molecular complexity index is 574. The number of rotatable bonds is 3. The lowest BCUT2D eigenvalue weighted by molar-refractivity contribution is -0.134. The van der Waals surface area contributed by atoms with Crippen molar-refractivity contribution in [1.29, 1.82) is 10.5 Å². The Morgan fingerprint density at radius 3 is 2.79 bits per heavy atom. The average Bonchev–Trinajstić information content (AvgIpc) is 2.41. The largest absolute Gasteiger partial charge is 0.351 e. The van der Waals surface area contributed by atoms with Crippen LogP contribution in [0.2, 0.25) is 0 Å². The quantitative estimate of drug-likeness (QED) is 0.896. The van der Waals surface area contributed by atoms with Crippen molar-refractivity contribution in [3.63, 3.8) is 0 Å². The van der Waals surface area contributed by atoms with E-state index in [0.29, 0.717) is 30.9 Å². The van der Waals surface area contributed by atoms with Gasteiger partial charge in [-0.1, -0.05) is 19.1 Å². The van der Waals surface area contributed by atoms with Gasteiger partial charge in [0, 0.05) is 6.54 Å². The Morgan fingerprint density at radius 1 is 1.47 bits per heavy atom. The van der Waals surface area contributed by atoms with Gasteiger partial charge in [-0.3, -0.25) is 4.79 Å². The van der Waals surface area contributed by atoms with E-state index in [1.54, 1.807) is 18.2 Å². The van der Waals surface area contributed by atoms with Crippen LogP contribution in [0.3, 0.4) is 0 Å². The molecular formula is C15H15N3O. The Morgan fingerprint density at radius 2 is 2.21 bits per heavy atom. The summed E-state index contributed by atoms with van der Waals surface area (Å²) in [6.45, 7) is 2.39. The maximum Gasteiger partial charge on any atom is 0.240 e. The normalized spacial score (nSPS) is 24.7. The van der Waals surface area contributed by atoms with Gasteiger partial charge in [0.2, 0.25) is 5.91 Å². The van der Waals surface area contributed by atoms with Crippen LogP contribution >= 0.6 is 0 Å². The van der Waals surface area contributed by atoms with Gasteiger partial charge in [0.1, 0.15) is 5.41 Å². The van der Waals surface area contributed by atoms with Crippen molar-refractivity contribution < 1.29 is 4.79 Å². The van der Waals surface area contributed by atoms with Crippen molar-refractivity contribution in [1.82, 2.24) is 5.32 Å². The highest BCUT2D eigenvalue weighted by Crippen LogP contribution is 2.45. The minimum atomic E-state index is -0.841. The van der Waals surface area contributed by atoms with Crippen LogP contribution in [0.4, 0.5) is 0 Å². The summed E-state index contributed by atoms with van der Waals surface area (Å²) in [7, 11) is 0. The van der Waals surface area contributed by atoms with Crippen molar-refractivity contribution in [2.75, 3.05) is 0 Å². The second-order valence-corrected chi connectivity index (χ2v) is 5.20. The molecule has 0 unspecified atom stereocenters. The first kappa shape index (κ1) is 13.1. The van der Waals surface area contributed by atoms with E-state index in [2.05, 4.69) is 17.5 Å². The summed E-state index contributed by atoms with van der Waals surface area (Å²) in [5.41, 5.74) is 0.596. The molecule has 4 heteroatoms. The first-order valence-corrected chi connectivity index (χ1v) is 6.28. The zero-order valence-corrected chi connectivity index (χ0v) is 10.8. The molecule has 0 atom stereocenters. The van der Waals surface area contributed by atoms with Gasteiger partial charge < -0.3 is 5.32 Å². The second kappa shape index (κ2) is 5.12. The fourth-order valence-electron chi connectivity index (χ4n) is 2.56. The molecule has 4 nitrogen and oxygen atoms in total. The van der Waals surface area contributed by atoms with Crippen LogP contribution in [0.5, 0.6) is 0 Å². The molecule has 96 valence electrons.